The van der Waals surface area contributed by atoms with Gasteiger partial charge in [0, 0.05) is 0 Å². The SMILES string of the molecule is Cc1ccc(C(N)=O)c(OCC(=O)NCc2ccco2)c1. The van der Waals surface area contributed by atoms with Crippen molar-refractivity contribution in [1.29, 1.82) is 0 Å². The fraction of sp³-hybridized carbons (Fsp3) is 0.200. The quantitative estimate of drug-likeness (QED) is 0.839. The molecule has 0 atom stereocenters. The van der Waals surface area contributed by atoms with E-state index in [1.54, 1.807) is 30.3 Å². The maximum atomic E-state index is 11.7. The lowest BCUT2D eigenvalue weighted by Gasteiger charge is -2.10. The smallest absolute Gasteiger partial charge is 0.258 e. The maximum Gasteiger partial charge on any atom is 0.258 e. The van der Waals surface area contributed by atoms with Gasteiger partial charge in [-0.15, -0.1) is 0 Å². The van der Waals surface area contributed by atoms with Crippen LogP contribution in [0.1, 0.15) is 21.7 Å². The van der Waals surface area contributed by atoms with Gasteiger partial charge in [-0.3, -0.25) is 9.59 Å². The highest BCUT2D eigenvalue weighted by Gasteiger charge is 2.11. The number of carbonyl (C=O) groups is 2. The first-order chi connectivity index (χ1) is 10.1. The van der Waals surface area contributed by atoms with Gasteiger partial charge in [-0.2, -0.15) is 0 Å². The van der Waals surface area contributed by atoms with Gasteiger partial charge in [-0.1, -0.05) is 6.07 Å². The Morgan fingerprint density at radius 1 is 1.33 bits per heavy atom. The van der Waals surface area contributed by atoms with Gasteiger partial charge >= 0.3 is 0 Å². The van der Waals surface area contributed by atoms with Crippen molar-refractivity contribution in [1.82, 2.24) is 5.32 Å². The van der Waals surface area contributed by atoms with Gasteiger partial charge < -0.3 is 20.2 Å². The standard InChI is InChI=1S/C15H16N2O4/c1-10-4-5-12(15(16)19)13(7-10)21-9-14(18)17-8-11-3-2-6-20-11/h2-7H,8-9H2,1H3,(H2,16,19)(H,17,18). The molecule has 3 N–H and O–H groups in total. The summed E-state index contributed by atoms with van der Waals surface area (Å²) in [7, 11) is 0. The molecule has 2 aromatic rings. The van der Waals surface area contributed by atoms with Crippen molar-refractivity contribution in [3.63, 3.8) is 0 Å². The molecule has 0 aliphatic rings. The van der Waals surface area contributed by atoms with Crippen molar-refractivity contribution in [3.05, 3.63) is 53.5 Å². The lowest BCUT2D eigenvalue weighted by Crippen LogP contribution is -2.28. The summed E-state index contributed by atoms with van der Waals surface area (Å²) < 4.78 is 10.5. The highest BCUT2D eigenvalue weighted by Crippen LogP contribution is 2.19. The van der Waals surface area contributed by atoms with E-state index in [-0.39, 0.29) is 24.6 Å². The number of carbonyl (C=O) groups excluding carboxylic acids is 2. The third kappa shape index (κ3) is 4.10. The van der Waals surface area contributed by atoms with E-state index >= 15 is 0 Å². The lowest BCUT2D eigenvalue weighted by molar-refractivity contribution is -0.123. The van der Waals surface area contributed by atoms with Crippen LogP contribution < -0.4 is 15.8 Å². The molecular weight excluding hydrogens is 272 g/mol. The van der Waals surface area contributed by atoms with Crippen LogP contribution in [-0.2, 0) is 11.3 Å². The van der Waals surface area contributed by atoms with Crippen molar-refractivity contribution < 1.29 is 18.7 Å². The zero-order valence-electron chi connectivity index (χ0n) is 11.6. The molecule has 0 saturated carbocycles. The van der Waals surface area contributed by atoms with Crippen LogP contribution in [-0.4, -0.2) is 18.4 Å². The number of benzene rings is 1. The molecule has 0 aliphatic heterocycles. The molecule has 0 unspecified atom stereocenters. The van der Waals surface area contributed by atoms with Crippen molar-refractivity contribution in [2.24, 2.45) is 5.73 Å². The first kappa shape index (κ1) is 14.6. The van der Waals surface area contributed by atoms with Crippen LogP contribution in [0, 0.1) is 6.92 Å². The molecule has 6 nitrogen and oxygen atoms in total. The van der Waals surface area contributed by atoms with E-state index in [1.165, 1.54) is 6.26 Å². The van der Waals surface area contributed by atoms with E-state index in [2.05, 4.69) is 5.32 Å². The van der Waals surface area contributed by atoms with Gasteiger partial charge in [0.1, 0.15) is 11.5 Å². The number of nitrogens with two attached hydrogens (primary N) is 1. The fourth-order valence-corrected chi connectivity index (χ4v) is 1.75. The third-order valence-electron chi connectivity index (χ3n) is 2.80. The largest absolute Gasteiger partial charge is 0.483 e. The fourth-order valence-electron chi connectivity index (χ4n) is 1.75. The summed E-state index contributed by atoms with van der Waals surface area (Å²) in [6, 6.07) is 8.49. The zero-order valence-corrected chi connectivity index (χ0v) is 11.6. The Bertz CT molecular complexity index is 635. The van der Waals surface area contributed by atoms with E-state index in [1.807, 2.05) is 6.92 Å². The summed E-state index contributed by atoms with van der Waals surface area (Å²) in [4.78, 5) is 23.0. The van der Waals surface area contributed by atoms with E-state index in [4.69, 9.17) is 14.9 Å². The van der Waals surface area contributed by atoms with Gasteiger partial charge in [0.15, 0.2) is 6.61 Å². The van der Waals surface area contributed by atoms with Gasteiger partial charge in [-0.05, 0) is 36.8 Å². The number of primary amides is 1. The number of amides is 2. The second-order valence-electron chi connectivity index (χ2n) is 4.51. The molecule has 110 valence electrons. The van der Waals surface area contributed by atoms with Gasteiger partial charge in [0.2, 0.25) is 0 Å². The lowest BCUT2D eigenvalue weighted by atomic mass is 10.1. The number of furan rings is 1. The van der Waals surface area contributed by atoms with Crippen molar-refractivity contribution >= 4 is 11.8 Å². The molecule has 0 fully saturated rings. The van der Waals surface area contributed by atoms with Gasteiger partial charge in [-0.25, -0.2) is 0 Å². The van der Waals surface area contributed by atoms with Gasteiger partial charge in [0.05, 0.1) is 18.4 Å². The minimum Gasteiger partial charge on any atom is -0.483 e. The summed E-state index contributed by atoms with van der Waals surface area (Å²) >= 11 is 0. The van der Waals surface area contributed by atoms with E-state index in [0.29, 0.717) is 11.5 Å². The Morgan fingerprint density at radius 3 is 2.81 bits per heavy atom. The Kier molecular flexibility index (Phi) is 4.61. The summed E-state index contributed by atoms with van der Waals surface area (Å²) in [5.74, 6) is 0.0386. The monoisotopic (exact) mass is 288 g/mol. The van der Waals surface area contributed by atoms with Gasteiger partial charge in [0.25, 0.3) is 11.8 Å². The Balaban J connectivity index is 1.91. The zero-order chi connectivity index (χ0) is 15.2. The van der Waals surface area contributed by atoms with Crippen molar-refractivity contribution in [2.45, 2.75) is 13.5 Å². The van der Waals surface area contributed by atoms with E-state index < -0.39 is 5.91 Å². The third-order valence-corrected chi connectivity index (χ3v) is 2.80. The normalized spacial score (nSPS) is 10.1. The second kappa shape index (κ2) is 6.60. The Morgan fingerprint density at radius 2 is 2.14 bits per heavy atom. The molecule has 1 heterocycles. The maximum absolute atomic E-state index is 11.7. The van der Waals surface area contributed by atoms with Crippen LogP contribution in [0.25, 0.3) is 0 Å². The minimum atomic E-state index is -0.596. The number of rotatable bonds is 6. The molecule has 2 rings (SSSR count). The van der Waals surface area contributed by atoms with Crippen LogP contribution in [0.15, 0.2) is 41.0 Å². The number of hydrogen-bond acceptors (Lipinski definition) is 4. The molecule has 1 aromatic heterocycles. The molecule has 0 bridgehead atoms. The highest BCUT2D eigenvalue weighted by atomic mass is 16.5. The van der Waals surface area contributed by atoms with E-state index in [9.17, 15) is 9.59 Å². The molecule has 0 saturated heterocycles. The van der Waals surface area contributed by atoms with Crippen molar-refractivity contribution in [3.8, 4) is 5.75 Å². The summed E-state index contributed by atoms with van der Waals surface area (Å²) in [6.45, 7) is 1.94. The predicted octanol–water partition coefficient (Wildman–Crippen LogP) is 1.38. The Labute approximate surface area is 121 Å². The molecule has 0 aliphatic carbocycles. The Hall–Kier alpha value is -2.76. The van der Waals surface area contributed by atoms with Crippen LogP contribution in [0.2, 0.25) is 0 Å². The summed E-state index contributed by atoms with van der Waals surface area (Å²) in [5, 5.41) is 2.64. The average Bonchev–Trinajstić information content (AvgIpc) is 2.96. The van der Waals surface area contributed by atoms with E-state index in [0.717, 1.165) is 5.56 Å². The summed E-state index contributed by atoms with van der Waals surface area (Å²) in [5.41, 5.74) is 6.42. The first-order valence-corrected chi connectivity index (χ1v) is 6.38. The summed E-state index contributed by atoms with van der Waals surface area (Å²) in [6.07, 6.45) is 1.53. The van der Waals surface area contributed by atoms with Crippen LogP contribution >= 0.6 is 0 Å². The highest BCUT2D eigenvalue weighted by molar-refractivity contribution is 5.95. The topological polar surface area (TPSA) is 94.6 Å². The van der Waals surface area contributed by atoms with Crippen LogP contribution in [0.5, 0.6) is 5.75 Å². The number of nitrogens with one attached hydrogen (secondary N) is 1. The number of ether oxygens (including phenoxy) is 1. The molecular formula is C15H16N2O4. The first-order valence-electron chi connectivity index (χ1n) is 6.38. The number of hydrogen-bond donors (Lipinski definition) is 2. The van der Waals surface area contributed by atoms with Crippen molar-refractivity contribution in [2.75, 3.05) is 6.61 Å². The molecule has 1 aromatic carbocycles. The molecule has 2 amide bonds. The molecule has 0 spiro atoms. The minimum absolute atomic E-state index is 0.204. The number of aryl methyl sites for hydroxylation is 1. The second-order valence-corrected chi connectivity index (χ2v) is 4.51. The molecule has 6 heteroatoms. The molecule has 21 heavy (non-hydrogen) atoms. The van der Waals surface area contributed by atoms with Crippen LogP contribution in [0.4, 0.5) is 0 Å². The molecule has 0 radical (unpaired) electrons. The predicted molar refractivity (Wildman–Crippen MR) is 75.7 cm³/mol. The average molecular weight is 288 g/mol. The van der Waals surface area contributed by atoms with Crippen LogP contribution in [0.3, 0.4) is 0 Å².